The molecule has 43 heavy (non-hydrogen) atoms. The van der Waals surface area contributed by atoms with Crippen LogP contribution in [0.15, 0.2) is 43.0 Å². The van der Waals surface area contributed by atoms with Crippen molar-refractivity contribution in [3.63, 3.8) is 0 Å². The summed E-state index contributed by atoms with van der Waals surface area (Å²) in [5, 5.41) is 11.6. The zero-order chi connectivity index (χ0) is 29.7. The number of halogens is 1. The van der Waals surface area contributed by atoms with E-state index in [1.165, 1.54) is 35.6 Å². The number of carbonyl (C=O) groups excluding carboxylic acids is 1. The molecule has 0 N–H and O–H groups in total. The van der Waals surface area contributed by atoms with Crippen LogP contribution in [0.5, 0.6) is 5.88 Å². The highest BCUT2D eigenvalue weighted by Crippen LogP contribution is 2.46. The van der Waals surface area contributed by atoms with Crippen LogP contribution in [0.25, 0.3) is 22.0 Å². The standard InChI is InChI=1S/C35H38ClN5O2/c1-3-33(42)40-17-14-31-32(40)20-41(31)34-26(13-15-37)35(43-21-23-10-7-16-39(23)2)38-30-19-27(29(36)18-28(30)34)25-12-6-9-22-8-4-5-11-24(22)25/h3,6,9,12,18-19,23,31-32H,1,4-5,7-8,10-11,13-14,16-17,20-21H2,2H3/t23-,31+,32+/m0/s1. The molecule has 1 aromatic heterocycles. The summed E-state index contributed by atoms with van der Waals surface area (Å²) in [6.07, 6.45) is 9.27. The molecule has 3 atom stereocenters. The molecule has 2 aromatic carbocycles. The van der Waals surface area contributed by atoms with Gasteiger partial charge in [-0.2, -0.15) is 5.26 Å². The summed E-state index contributed by atoms with van der Waals surface area (Å²) < 4.78 is 6.52. The summed E-state index contributed by atoms with van der Waals surface area (Å²) in [6.45, 7) is 6.70. The third-order valence-electron chi connectivity index (χ3n) is 10.2. The SMILES string of the molecule is C=CC(=O)N1CC[C@@H]2[C@H]1CN2c1c(CC#N)c(OC[C@@H]2CCCN2C)nc2cc(-c3cccc4c3CCCC4)c(Cl)cc12. The maximum absolute atomic E-state index is 12.5. The Labute approximate surface area is 258 Å². The van der Waals surface area contributed by atoms with E-state index in [1.807, 2.05) is 11.0 Å². The number of aromatic nitrogens is 1. The first-order valence-electron chi connectivity index (χ1n) is 15.7. The maximum Gasteiger partial charge on any atom is 0.246 e. The van der Waals surface area contributed by atoms with Gasteiger partial charge in [-0.25, -0.2) is 4.98 Å². The van der Waals surface area contributed by atoms with Crippen LogP contribution in [0, 0.1) is 11.3 Å². The Balaban J connectivity index is 1.36. The molecular weight excluding hydrogens is 558 g/mol. The average molecular weight is 596 g/mol. The molecule has 1 amide bonds. The van der Waals surface area contributed by atoms with Gasteiger partial charge in [0, 0.05) is 35.1 Å². The summed E-state index contributed by atoms with van der Waals surface area (Å²) in [6, 6.07) is 13.7. The number of rotatable bonds is 7. The Morgan fingerprint density at radius 1 is 1.16 bits per heavy atom. The molecule has 7 nitrogen and oxygen atoms in total. The van der Waals surface area contributed by atoms with Crippen molar-refractivity contribution in [2.75, 3.05) is 38.2 Å². The minimum atomic E-state index is -0.0208. The summed E-state index contributed by atoms with van der Waals surface area (Å²) in [7, 11) is 2.14. The number of hydrogen-bond donors (Lipinski definition) is 0. The maximum atomic E-state index is 12.5. The Morgan fingerprint density at radius 3 is 2.81 bits per heavy atom. The molecule has 0 spiro atoms. The van der Waals surface area contributed by atoms with Gasteiger partial charge in [0.15, 0.2) is 0 Å². The smallest absolute Gasteiger partial charge is 0.246 e. The Kier molecular flexibility index (Phi) is 7.53. The fraction of sp³-hybridized carbons (Fsp3) is 0.457. The highest BCUT2D eigenvalue weighted by atomic mass is 35.5. The second kappa shape index (κ2) is 11.5. The molecule has 1 aliphatic carbocycles. The lowest BCUT2D eigenvalue weighted by atomic mass is 9.85. The minimum Gasteiger partial charge on any atom is -0.476 e. The first-order chi connectivity index (χ1) is 21.0. The third-order valence-corrected chi connectivity index (χ3v) is 10.5. The molecular formula is C35H38ClN5O2. The molecule has 8 heteroatoms. The molecule has 0 radical (unpaired) electrons. The van der Waals surface area contributed by atoms with Crippen molar-refractivity contribution in [2.24, 2.45) is 0 Å². The van der Waals surface area contributed by atoms with Crippen molar-refractivity contribution in [3.05, 3.63) is 64.7 Å². The average Bonchev–Trinajstić information content (AvgIpc) is 3.58. The first kappa shape index (κ1) is 28.2. The number of nitrogens with zero attached hydrogens (tertiary/aromatic N) is 5. The largest absolute Gasteiger partial charge is 0.476 e. The van der Waals surface area contributed by atoms with Gasteiger partial charge in [0.05, 0.1) is 41.3 Å². The van der Waals surface area contributed by atoms with Crippen molar-refractivity contribution in [1.29, 1.82) is 5.26 Å². The molecule has 222 valence electrons. The number of likely N-dealkylation sites (tertiary alicyclic amines) is 2. The van der Waals surface area contributed by atoms with Crippen molar-refractivity contribution in [1.82, 2.24) is 14.8 Å². The van der Waals surface area contributed by atoms with Gasteiger partial charge >= 0.3 is 0 Å². The number of benzene rings is 2. The molecule has 3 fully saturated rings. The van der Waals surface area contributed by atoms with Crippen LogP contribution in [0.4, 0.5) is 5.69 Å². The van der Waals surface area contributed by atoms with Crippen molar-refractivity contribution >= 4 is 34.1 Å². The molecule has 3 saturated heterocycles. The lowest BCUT2D eigenvalue weighted by Gasteiger charge is -2.49. The Morgan fingerprint density at radius 2 is 2.02 bits per heavy atom. The van der Waals surface area contributed by atoms with Crippen LogP contribution >= 0.6 is 11.6 Å². The van der Waals surface area contributed by atoms with Crippen LogP contribution in [-0.4, -0.2) is 72.1 Å². The van der Waals surface area contributed by atoms with Crippen LogP contribution in [0.2, 0.25) is 5.02 Å². The number of ether oxygens (including phenoxy) is 1. The van der Waals surface area contributed by atoms with E-state index in [0.29, 0.717) is 36.6 Å². The van der Waals surface area contributed by atoms with Gasteiger partial charge in [-0.15, -0.1) is 0 Å². The van der Waals surface area contributed by atoms with E-state index in [9.17, 15) is 10.1 Å². The van der Waals surface area contributed by atoms with Crippen LogP contribution < -0.4 is 9.64 Å². The number of hydrogen-bond acceptors (Lipinski definition) is 6. The van der Waals surface area contributed by atoms with Gasteiger partial charge in [0.2, 0.25) is 11.8 Å². The zero-order valence-electron chi connectivity index (χ0n) is 24.8. The van der Waals surface area contributed by atoms with Crippen molar-refractivity contribution in [2.45, 2.75) is 69.5 Å². The zero-order valence-corrected chi connectivity index (χ0v) is 25.6. The van der Waals surface area contributed by atoms with Crippen LogP contribution in [-0.2, 0) is 24.1 Å². The lowest BCUT2D eigenvalue weighted by Crippen LogP contribution is -2.63. The van der Waals surface area contributed by atoms with E-state index in [1.54, 1.807) is 0 Å². The fourth-order valence-electron chi connectivity index (χ4n) is 7.84. The van der Waals surface area contributed by atoms with Gasteiger partial charge in [-0.05, 0) is 93.4 Å². The van der Waals surface area contributed by atoms with E-state index >= 15 is 0 Å². The van der Waals surface area contributed by atoms with E-state index < -0.39 is 0 Å². The van der Waals surface area contributed by atoms with Gasteiger partial charge in [0.1, 0.15) is 6.61 Å². The Bertz CT molecular complexity index is 1650. The molecule has 0 saturated carbocycles. The number of nitriles is 1. The lowest BCUT2D eigenvalue weighted by molar-refractivity contribution is -0.127. The summed E-state index contributed by atoms with van der Waals surface area (Å²) in [4.78, 5) is 24.3. The number of anilines is 1. The second-order valence-corrected chi connectivity index (χ2v) is 12.9. The number of carbonyl (C=O) groups is 1. The second-order valence-electron chi connectivity index (χ2n) is 12.5. The normalized spacial score (nSPS) is 23.0. The molecule has 3 aromatic rings. The predicted molar refractivity (Wildman–Crippen MR) is 171 cm³/mol. The molecule has 3 aliphatic heterocycles. The Hall–Kier alpha value is -3.60. The quantitative estimate of drug-likeness (QED) is 0.314. The van der Waals surface area contributed by atoms with Gasteiger partial charge in [-0.1, -0.05) is 36.4 Å². The monoisotopic (exact) mass is 595 g/mol. The third kappa shape index (κ3) is 4.85. The van der Waals surface area contributed by atoms with Crippen molar-refractivity contribution in [3.8, 4) is 23.1 Å². The molecule has 0 bridgehead atoms. The molecule has 7 rings (SSSR count). The molecule has 0 unspecified atom stereocenters. The van der Waals surface area contributed by atoms with Crippen molar-refractivity contribution < 1.29 is 9.53 Å². The van der Waals surface area contributed by atoms with Gasteiger partial charge < -0.3 is 19.4 Å². The number of amides is 1. The topological polar surface area (TPSA) is 72.7 Å². The van der Waals surface area contributed by atoms with E-state index in [-0.39, 0.29) is 24.4 Å². The first-order valence-corrected chi connectivity index (χ1v) is 16.0. The highest BCUT2D eigenvalue weighted by molar-refractivity contribution is 6.34. The van der Waals surface area contributed by atoms with Gasteiger partial charge in [0.25, 0.3) is 0 Å². The predicted octanol–water partition coefficient (Wildman–Crippen LogP) is 5.95. The number of pyridine rings is 1. The molecule has 4 aliphatic rings. The van der Waals surface area contributed by atoms with Crippen LogP contribution in [0.1, 0.15) is 48.8 Å². The number of likely N-dealkylation sites (N-methyl/N-ethyl adjacent to an activating group) is 1. The van der Waals surface area contributed by atoms with E-state index in [0.717, 1.165) is 66.4 Å². The van der Waals surface area contributed by atoms with Gasteiger partial charge in [-0.3, -0.25) is 4.79 Å². The van der Waals surface area contributed by atoms with Crippen LogP contribution in [0.3, 0.4) is 0 Å². The summed E-state index contributed by atoms with van der Waals surface area (Å²) in [5.41, 5.74) is 7.57. The van der Waals surface area contributed by atoms with E-state index in [2.05, 4.69) is 53.8 Å². The number of fused-ring (bicyclic) bond motifs is 3. The fourth-order valence-corrected chi connectivity index (χ4v) is 8.11. The van der Waals surface area contributed by atoms with E-state index in [4.69, 9.17) is 21.3 Å². The highest BCUT2D eigenvalue weighted by Gasteiger charge is 2.49. The minimum absolute atomic E-state index is 0.0208. The number of aryl methyl sites for hydroxylation is 1. The summed E-state index contributed by atoms with van der Waals surface area (Å²) >= 11 is 7.13. The summed E-state index contributed by atoms with van der Waals surface area (Å²) in [5.74, 6) is 0.515. The molecule has 4 heterocycles.